The van der Waals surface area contributed by atoms with Gasteiger partial charge < -0.3 is 33.8 Å². The van der Waals surface area contributed by atoms with Gasteiger partial charge in [-0.3, -0.25) is 37.3 Å². The second-order valence-corrected chi connectivity index (χ2v) is 27.6. The van der Waals surface area contributed by atoms with Crippen molar-refractivity contribution in [3.05, 3.63) is 0 Å². The van der Waals surface area contributed by atoms with Gasteiger partial charge in [0.05, 0.1) is 26.4 Å². The van der Waals surface area contributed by atoms with Crippen molar-refractivity contribution in [3.8, 4) is 0 Å². The van der Waals surface area contributed by atoms with Crippen LogP contribution in [0, 0.1) is 5.92 Å². The number of unbranched alkanes of at least 4 members (excludes halogenated alkanes) is 39. The summed E-state index contributed by atoms with van der Waals surface area (Å²) in [6, 6.07) is 0. The van der Waals surface area contributed by atoms with Crippen LogP contribution in [0.1, 0.15) is 343 Å². The van der Waals surface area contributed by atoms with Crippen LogP contribution < -0.4 is 0 Å². The van der Waals surface area contributed by atoms with Crippen LogP contribution in [0.2, 0.25) is 0 Å². The van der Waals surface area contributed by atoms with E-state index in [0.717, 1.165) is 95.8 Å². The molecule has 510 valence electrons. The summed E-state index contributed by atoms with van der Waals surface area (Å²) >= 11 is 0. The lowest BCUT2D eigenvalue weighted by Gasteiger charge is -2.21. The van der Waals surface area contributed by atoms with Gasteiger partial charge in [0.1, 0.15) is 19.3 Å². The first-order valence-corrected chi connectivity index (χ1v) is 38.1. The molecule has 19 heteroatoms. The zero-order valence-electron chi connectivity index (χ0n) is 55.4. The van der Waals surface area contributed by atoms with Crippen LogP contribution in [0.5, 0.6) is 0 Å². The molecule has 0 radical (unpaired) electrons. The van der Waals surface area contributed by atoms with Gasteiger partial charge in [0.15, 0.2) is 12.2 Å². The van der Waals surface area contributed by atoms with Crippen LogP contribution in [0.25, 0.3) is 0 Å². The fourth-order valence-corrected chi connectivity index (χ4v) is 11.7. The number of hydrogen-bond donors (Lipinski definition) is 3. The lowest BCUT2D eigenvalue weighted by atomic mass is 10.0. The molecule has 0 aromatic rings. The third kappa shape index (κ3) is 60.9. The maximum atomic E-state index is 13.0. The van der Waals surface area contributed by atoms with Gasteiger partial charge in [0.25, 0.3) is 0 Å². The van der Waals surface area contributed by atoms with Crippen LogP contribution in [-0.2, 0) is 65.4 Å². The van der Waals surface area contributed by atoms with Gasteiger partial charge in [-0.2, -0.15) is 0 Å². The molecule has 0 fully saturated rings. The van der Waals surface area contributed by atoms with E-state index < -0.39 is 97.5 Å². The van der Waals surface area contributed by atoms with E-state index in [1.54, 1.807) is 0 Å². The molecule has 2 unspecified atom stereocenters. The molecule has 0 saturated heterocycles. The Bertz CT molecular complexity index is 1670. The molecule has 0 aliphatic carbocycles. The van der Waals surface area contributed by atoms with Crippen LogP contribution in [-0.4, -0.2) is 96.7 Å². The van der Waals surface area contributed by atoms with Crippen molar-refractivity contribution in [2.75, 3.05) is 39.6 Å². The highest BCUT2D eigenvalue weighted by Gasteiger charge is 2.30. The molecule has 0 aliphatic rings. The van der Waals surface area contributed by atoms with Crippen molar-refractivity contribution in [3.63, 3.8) is 0 Å². The number of esters is 4. The number of carbonyl (C=O) groups excluding carboxylic acids is 4. The molecule has 0 spiro atoms. The normalized spacial score (nSPS) is 14.2. The summed E-state index contributed by atoms with van der Waals surface area (Å²) in [5, 5.41) is 10.5. The van der Waals surface area contributed by atoms with E-state index in [2.05, 4.69) is 34.6 Å². The van der Waals surface area contributed by atoms with Crippen LogP contribution in [0.4, 0.5) is 0 Å². The molecule has 0 aromatic carbocycles. The first-order valence-electron chi connectivity index (χ1n) is 35.1. The standard InChI is InChI=1S/C67H130O17P2/c1-6-9-12-15-18-21-31-36-41-46-51-65(70)78-57-63(84-67(72)53-48-43-38-33-28-26-24-23-25-27-30-34-39-44-49-60(4)5)59-82-86(75,76)80-55-61(68)54-79-85(73,74)81-58-62(56-77-64(69)50-45-40-35-29-20-17-14-11-8-3)83-66(71)52-47-42-37-32-22-19-16-13-10-7-2/h60-63,68H,6-59H2,1-5H3,(H,73,74)(H,75,76)/t61-,62+,63+/m0/s1. The van der Waals surface area contributed by atoms with Gasteiger partial charge in [-0.25, -0.2) is 9.13 Å². The number of aliphatic hydroxyl groups excluding tert-OH is 1. The van der Waals surface area contributed by atoms with Crippen molar-refractivity contribution in [1.82, 2.24) is 0 Å². The Morgan fingerprint density at radius 3 is 0.791 bits per heavy atom. The highest BCUT2D eigenvalue weighted by molar-refractivity contribution is 7.47. The molecule has 86 heavy (non-hydrogen) atoms. The molecule has 17 nitrogen and oxygen atoms in total. The van der Waals surface area contributed by atoms with Gasteiger partial charge >= 0.3 is 39.5 Å². The summed E-state index contributed by atoms with van der Waals surface area (Å²) in [6.45, 7) is 7.21. The minimum absolute atomic E-state index is 0.107. The molecule has 0 saturated carbocycles. The summed E-state index contributed by atoms with van der Waals surface area (Å²) < 4.78 is 68.1. The zero-order valence-corrected chi connectivity index (χ0v) is 57.2. The highest BCUT2D eigenvalue weighted by Crippen LogP contribution is 2.45. The van der Waals surface area contributed by atoms with E-state index in [4.69, 9.17) is 37.0 Å². The molecule has 0 amide bonds. The number of phosphoric ester groups is 2. The largest absolute Gasteiger partial charge is 0.472 e. The van der Waals surface area contributed by atoms with Crippen LogP contribution >= 0.6 is 15.6 Å². The summed E-state index contributed by atoms with van der Waals surface area (Å²) in [4.78, 5) is 72.3. The molecular weight excluding hydrogens is 1140 g/mol. The highest BCUT2D eigenvalue weighted by atomic mass is 31.2. The van der Waals surface area contributed by atoms with E-state index in [1.165, 1.54) is 167 Å². The minimum atomic E-state index is -4.95. The van der Waals surface area contributed by atoms with Gasteiger partial charge in [0, 0.05) is 25.7 Å². The Balaban J connectivity index is 5.19. The topological polar surface area (TPSA) is 237 Å². The SMILES string of the molecule is CCCCCCCCCCCCC(=O)OC[C@H](COP(=O)(O)OC[C@@H](O)COP(=O)(O)OC[C@@H](COC(=O)CCCCCCCCCCC)OC(=O)CCCCCCCCCCCC)OC(=O)CCCCCCCCCCCCCCCCC(C)C. The van der Waals surface area contributed by atoms with Crippen LogP contribution in [0.3, 0.4) is 0 Å². The van der Waals surface area contributed by atoms with E-state index in [9.17, 15) is 43.2 Å². The number of rotatable bonds is 67. The van der Waals surface area contributed by atoms with E-state index in [1.807, 2.05) is 0 Å². The second kappa shape index (κ2) is 60.6. The molecule has 0 aromatic heterocycles. The molecule has 0 bridgehead atoms. The molecule has 5 atom stereocenters. The van der Waals surface area contributed by atoms with Crippen molar-refractivity contribution < 1.29 is 80.2 Å². The third-order valence-electron chi connectivity index (χ3n) is 15.5. The maximum Gasteiger partial charge on any atom is 0.472 e. The third-order valence-corrected chi connectivity index (χ3v) is 17.4. The zero-order chi connectivity index (χ0) is 63.5. The monoisotopic (exact) mass is 1270 g/mol. The molecule has 3 N–H and O–H groups in total. The Morgan fingerprint density at radius 2 is 0.535 bits per heavy atom. The Hall–Kier alpha value is -1.94. The van der Waals surface area contributed by atoms with E-state index in [0.29, 0.717) is 25.7 Å². The van der Waals surface area contributed by atoms with E-state index in [-0.39, 0.29) is 25.7 Å². The predicted octanol–water partition coefficient (Wildman–Crippen LogP) is 19.0. The lowest BCUT2D eigenvalue weighted by Crippen LogP contribution is -2.30. The lowest BCUT2D eigenvalue weighted by molar-refractivity contribution is -0.161. The smallest absolute Gasteiger partial charge is 0.462 e. The number of phosphoric acid groups is 2. The van der Waals surface area contributed by atoms with Gasteiger partial charge in [-0.1, -0.05) is 291 Å². The van der Waals surface area contributed by atoms with Crippen molar-refractivity contribution in [1.29, 1.82) is 0 Å². The maximum absolute atomic E-state index is 13.0. The molecular formula is C67H130O17P2. The minimum Gasteiger partial charge on any atom is -0.462 e. The van der Waals surface area contributed by atoms with Crippen molar-refractivity contribution in [2.24, 2.45) is 5.92 Å². The molecule has 0 aliphatic heterocycles. The summed E-state index contributed by atoms with van der Waals surface area (Å²) in [6.07, 6.45) is 45.7. The Labute approximate surface area is 524 Å². The first kappa shape index (κ1) is 84.1. The fraction of sp³-hybridized carbons (Fsp3) is 0.940. The Morgan fingerprint density at radius 1 is 0.314 bits per heavy atom. The van der Waals surface area contributed by atoms with Crippen molar-refractivity contribution >= 4 is 39.5 Å². The molecule has 0 heterocycles. The summed E-state index contributed by atoms with van der Waals surface area (Å²) in [5.74, 6) is -1.33. The average molecular weight is 1270 g/mol. The molecule has 0 rings (SSSR count). The second-order valence-electron chi connectivity index (χ2n) is 24.7. The fourth-order valence-electron chi connectivity index (χ4n) is 10.1. The van der Waals surface area contributed by atoms with Gasteiger partial charge in [-0.05, 0) is 31.6 Å². The summed E-state index contributed by atoms with van der Waals surface area (Å²) in [7, 11) is -9.89. The van der Waals surface area contributed by atoms with Gasteiger partial charge in [0.2, 0.25) is 0 Å². The Kier molecular flexibility index (Phi) is 59.2. The van der Waals surface area contributed by atoms with Gasteiger partial charge in [-0.15, -0.1) is 0 Å². The number of carbonyl (C=O) groups is 4. The van der Waals surface area contributed by atoms with Crippen LogP contribution in [0.15, 0.2) is 0 Å². The summed E-state index contributed by atoms with van der Waals surface area (Å²) in [5.41, 5.74) is 0. The number of aliphatic hydroxyl groups is 1. The predicted molar refractivity (Wildman–Crippen MR) is 345 cm³/mol. The quantitative estimate of drug-likeness (QED) is 0.0222. The average Bonchev–Trinajstić information content (AvgIpc) is 3.69. The number of ether oxygens (including phenoxy) is 4. The van der Waals surface area contributed by atoms with Crippen molar-refractivity contribution in [2.45, 2.75) is 361 Å². The first-order chi connectivity index (χ1) is 41.5. The van der Waals surface area contributed by atoms with E-state index >= 15 is 0 Å². The number of hydrogen-bond acceptors (Lipinski definition) is 15.